The number of carboxylic acid groups (broad SMARTS) is 1. The van der Waals surface area contributed by atoms with Crippen molar-refractivity contribution < 1.29 is 27.9 Å². The topological polar surface area (TPSA) is 112 Å². The third-order valence-corrected chi connectivity index (χ3v) is 4.60. The highest BCUT2D eigenvalue weighted by atomic mass is 19.4. The Labute approximate surface area is 189 Å². The molecule has 0 aliphatic carbocycles. The maximum absolute atomic E-state index is 12.6. The Morgan fingerprint density at radius 3 is 2.24 bits per heavy atom. The van der Waals surface area contributed by atoms with Crippen LogP contribution in [0.3, 0.4) is 0 Å². The molecule has 0 fully saturated rings. The number of halogens is 3. The minimum atomic E-state index is -5.08. The summed E-state index contributed by atoms with van der Waals surface area (Å²) in [4.78, 5) is 38.8. The van der Waals surface area contributed by atoms with Crippen LogP contribution in [0.25, 0.3) is 0 Å². The zero-order valence-electron chi connectivity index (χ0n) is 18.8. The van der Waals surface area contributed by atoms with E-state index in [0.29, 0.717) is 11.4 Å². The molecule has 3 rings (SSSR count). The minimum absolute atomic E-state index is 0.0315. The molecule has 2 aromatic rings. The standard InChI is InChI=1S/C19H26N6O.C2HF3O2/c1-13(2)22-17-15(18(26)24(3)4)12-14-6-10-25(11-7-16(14)23-17)19-20-8-5-9-21-19;3-2(4,5)1(6)7/h5,8-9,12-13H,6-7,10-11H2,1-4H3,(H,22,23);(H,6,7). The average molecular weight is 468 g/mol. The molecule has 33 heavy (non-hydrogen) atoms. The monoisotopic (exact) mass is 468 g/mol. The fraction of sp³-hybridized carbons (Fsp3) is 0.476. The first kappa shape index (κ1) is 25.8. The molecule has 0 spiro atoms. The van der Waals surface area contributed by atoms with Crippen molar-refractivity contribution in [2.24, 2.45) is 0 Å². The van der Waals surface area contributed by atoms with Gasteiger partial charge in [0.15, 0.2) is 0 Å². The second-order valence-corrected chi connectivity index (χ2v) is 7.83. The van der Waals surface area contributed by atoms with E-state index >= 15 is 0 Å². The number of alkyl halides is 3. The maximum atomic E-state index is 12.6. The number of hydrogen-bond acceptors (Lipinski definition) is 7. The number of carbonyl (C=O) groups is 2. The van der Waals surface area contributed by atoms with Crippen molar-refractivity contribution in [1.29, 1.82) is 0 Å². The molecule has 0 atom stereocenters. The lowest BCUT2D eigenvalue weighted by atomic mass is 10.0. The van der Waals surface area contributed by atoms with Crippen LogP contribution < -0.4 is 10.2 Å². The third-order valence-electron chi connectivity index (χ3n) is 4.60. The summed E-state index contributed by atoms with van der Waals surface area (Å²) in [5.41, 5.74) is 2.80. The molecule has 1 amide bonds. The second kappa shape index (κ2) is 10.9. The number of aromatic nitrogens is 3. The summed E-state index contributed by atoms with van der Waals surface area (Å²) in [5, 5.41) is 10.5. The molecule has 0 saturated heterocycles. The first-order valence-electron chi connectivity index (χ1n) is 10.2. The van der Waals surface area contributed by atoms with E-state index in [2.05, 4.69) is 20.2 Å². The fourth-order valence-corrected chi connectivity index (χ4v) is 3.08. The number of anilines is 2. The molecule has 9 nitrogen and oxygen atoms in total. The van der Waals surface area contributed by atoms with E-state index in [0.717, 1.165) is 43.1 Å². The smallest absolute Gasteiger partial charge is 0.475 e. The summed E-state index contributed by atoms with van der Waals surface area (Å²) in [6, 6.07) is 4.03. The molecule has 0 radical (unpaired) electrons. The molecular weight excluding hydrogens is 441 g/mol. The lowest BCUT2D eigenvalue weighted by Crippen LogP contribution is -2.27. The molecule has 0 aromatic carbocycles. The van der Waals surface area contributed by atoms with Gasteiger partial charge in [0.25, 0.3) is 5.91 Å². The summed E-state index contributed by atoms with van der Waals surface area (Å²) in [6.45, 7) is 5.72. The van der Waals surface area contributed by atoms with E-state index in [-0.39, 0.29) is 11.9 Å². The Hall–Kier alpha value is -3.44. The van der Waals surface area contributed by atoms with Gasteiger partial charge in [-0.2, -0.15) is 13.2 Å². The van der Waals surface area contributed by atoms with Crippen LogP contribution in [0, 0.1) is 0 Å². The molecule has 3 heterocycles. The molecule has 2 N–H and O–H groups in total. The van der Waals surface area contributed by atoms with Gasteiger partial charge in [0.1, 0.15) is 5.82 Å². The van der Waals surface area contributed by atoms with Gasteiger partial charge in [0, 0.05) is 57.7 Å². The van der Waals surface area contributed by atoms with Gasteiger partial charge >= 0.3 is 12.1 Å². The van der Waals surface area contributed by atoms with Crippen LogP contribution in [0.15, 0.2) is 24.5 Å². The number of rotatable bonds is 4. The van der Waals surface area contributed by atoms with E-state index in [9.17, 15) is 18.0 Å². The average Bonchev–Trinajstić information content (AvgIpc) is 2.94. The molecule has 0 saturated carbocycles. The molecule has 1 aliphatic heterocycles. The zero-order valence-corrected chi connectivity index (χ0v) is 18.8. The number of aliphatic carboxylic acids is 1. The SMILES string of the molecule is CC(C)Nc1nc2c(cc1C(=O)N(C)C)CCN(c1ncccn1)CC2.O=C(O)C(F)(F)F. The summed E-state index contributed by atoms with van der Waals surface area (Å²) < 4.78 is 31.7. The highest BCUT2D eigenvalue weighted by molar-refractivity contribution is 5.98. The predicted molar refractivity (Wildman–Crippen MR) is 116 cm³/mol. The molecule has 1 aliphatic rings. The second-order valence-electron chi connectivity index (χ2n) is 7.83. The van der Waals surface area contributed by atoms with Crippen LogP contribution in [0.5, 0.6) is 0 Å². The number of amides is 1. The Balaban J connectivity index is 0.000000479. The number of nitrogens with zero attached hydrogens (tertiary/aromatic N) is 5. The number of nitrogens with one attached hydrogen (secondary N) is 1. The zero-order chi connectivity index (χ0) is 24.8. The van der Waals surface area contributed by atoms with Gasteiger partial charge in [-0.1, -0.05) is 0 Å². The third kappa shape index (κ3) is 7.29. The first-order chi connectivity index (χ1) is 15.4. The van der Waals surface area contributed by atoms with Gasteiger partial charge in [0.05, 0.1) is 5.56 Å². The van der Waals surface area contributed by atoms with Gasteiger partial charge in [0.2, 0.25) is 5.95 Å². The van der Waals surface area contributed by atoms with Crippen LogP contribution in [0.2, 0.25) is 0 Å². The van der Waals surface area contributed by atoms with Crippen molar-refractivity contribution in [3.05, 3.63) is 41.3 Å². The largest absolute Gasteiger partial charge is 0.490 e. The Kier molecular flexibility index (Phi) is 8.55. The van der Waals surface area contributed by atoms with Crippen LogP contribution >= 0.6 is 0 Å². The highest BCUT2D eigenvalue weighted by Gasteiger charge is 2.38. The van der Waals surface area contributed by atoms with Crippen LogP contribution in [-0.4, -0.2) is 76.2 Å². The van der Waals surface area contributed by atoms with Gasteiger partial charge in [-0.25, -0.2) is 19.7 Å². The molecule has 180 valence electrons. The van der Waals surface area contributed by atoms with E-state index in [1.165, 1.54) is 0 Å². The van der Waals surface area contributed by atoms with Crippen molar-refractivity contribution in [2.75, 3.05) is 37.4 Å². The number of fused-ring (bicyclic) bond motifs is 1. The van der Waals surface area contributed by atoms with Gasteiger partial charge < -0.3 is 20.2 Å². The lowest BCUT2D eigenvalue weighted by Gasteiger charge is -2.19. The number of hydrogen-bond donors (Lipinski definition) is 2. The highest BCUT2D eigenvalue weighted by Crippen LogP contribution is 2.24. The molecule has 2 aromatic heterocycles. The fourth-order valence-electron chi connectivity index (χ4n) is 3.08. The minimum Gasteiger partial charge on any atom is -0.475 e. The van der Waals surface area contributed by atoms with Crippen LogP contribution in [0.4, 0.5) is 24.9 Å². The van der Waals surface area contributed by atoms with Crippen molar-refractivity contribution in [1.82, 2.24) is 19.9 Å². The van der Waals surface area contributed by atoms with Gasteiger partial charge in [-0.05, 0) is 38.0 Å². The Morgan fingerprint density at radius 2 is 1.73 bits per heavy atom. The van der Waals surface area contributed by atoms with E-state index in [1.807, 2.05) is 26.0 Å². The van der Waals surface area contributed by atoms with Crippen molar-refractivity contribution >= 4 is 23.6 Å². The lowest BCUT2D eigenvalue weighted by molar-refractivity contribution is -0.192. The summed E-state index contributed by atoms with van der Waals surface area (Å²) in [6.07, 6.45) is 0.0569. The summed E-state index contributed by atoms with van der Waals surface area (Å²) in [7, 11) is 3.53. The van der Waals surface area contributed by atoms with Crippen molar-refractivity contribution in [2.45, 2.75) is 38.9 Å². The number of pyridine rings is 1. The van der Waals surface area contributed by atoms with Crippen LogP contribution in [-0.2, 0) is 17.6 Å². The number of carbonyl (C=O) groups excluding carboxylic acids is 1. The Bertz CT molecular complexity index is 968. The quantitative estimate of drug-likeness (QED) is 0.705. The Morgan fingerprint density at radius 1 is 1.15 bits per heavy atom. The van der Waals surface area contributed by atoms with Crippen molar-refractivity contribution in [3.63, 3.8) is 0 Å². The molecule has 12 heteroatoms. The van der Waals surface area contributed by atoms with E-state index in [4.69, 9.17) is 14.9 Å². The van der Waals surface area contributed by atoms with Gasteiger partial charge in [-0.3, -0.25) is 4.79 Å². The summed E-state index contributed by atoms with van der Waals surface area (Å²) in [5.74, 6) is -1.38. The summed E-state index contributed by atoms with van der Waals surface area (Å²) >= 11 is 0. The molecule has 0 bridgehead atoms. The molecule has 0 unspecified atom stereocenters. The van der Waals surface area contributed by atoms with Gasteiger partial charge in [-0.15, -0.1) is 0 Å². The van der Waals surface area contributed by atoms with E-state index in [1.54, 1.807) is 31.4 Å². The molecular formula is C21H27F3N6O3. The number of carboxylic acids is 1. The van der Waals surface area contributed by atoms with E-state index < -0.39 is 12.1 Å². The normalized spacial score (nSPS) is 13.4. The maximum Gasteiger partial charge on any atom is 0.490 e. The van der Waals surface area contributed by atoms with Crippen LogP contribution in [0.1, 0.15) is 35.5 Å². The van der Waals surface area contributed by atoms with Crippen molar-refractivity contribution in [3.8, 4) is 0 Å². The first-order valence-corrected chi connectivity index (χ1v) is 10.2. The predicted octanol–water partition coefficient (Wildman–Crippen LogP) is 2.63.